The van der Waals surface area contributed by atoms with Crippen LogP contribution in [0.25, 0.3) is 0 Å². The lowest BCUT2D eigenvalue weighted by molar-refractivity contribution is -0.141. The third-order valence-electron chi connectivity index (χ3n) is 2.36. The van der Waals surface area contributed by atoms with E-state index in [1.165, 1.54) is 13.3 Å². The topological polar surface area (TPSA) is 26.3 Å². The number of allylic oxidation sites excluding steroid dienone is 1. The number of carbonyl (C=O) groups excluding carboxylic acids is 1. The number of esters is 1. The molecule has 0 radical (unpaired) electrons. The highest BCUT2D eigenvalue weighted by Gasteiger charge is 2.36. The highest BCUT2D eigenvalue weighted by molar-refractivity contribution is 8.01. The van der Waals surface area contributed by atoms with E-state index >= 15 is 0 Å². The maximum Gasteiger partial charge on any atom is 0.302 e. The van der Waals surface area contributed by atoms with Crippen LogP contribution in [0.1, 0.15) is 13.3 Å². The van der Waals surface area contributed by atoms with Crippen LogP contribution in [0.5, 0.6) is 0 Å². The Kier molecular flexibility index (Phi) is 2.13. The van der Waals surface area contributed by atoms with Gasteiger partial charge in [-0.2, -0.15) is 0 Å². The van der Waals surface area contributed by atoms with Gasteiger partial charge in [0.2, 0.25) is 0 Å². The summed E-state index contributed by atoms with van der Waals surface area (Å²) in [5, 5.41) is 1.21. The summed E-state index contributed by atoms with van der Waals surface area (Å²) in [4.78, 5) is 10.6. The fraction of sp³-hybridized carbons (Fsp3) is 0.667. The van der Waals surface area contributed by atoms with Gasteiger partial charge in [0.1, 0.15) is 6.61 Å². The van der Waals surface area contributed by atoms with Gasteiger partial charge in [0.05, 0.1) is 0 Å². The maximum absolute atomic E-state index is 10.6. The molecule has 66 valence electrons. The van der Waals surface area contributed by atoms with Gasteiger partial charge in [0, 0.05) is 17.4 Å². The third kappa shape index (κ3) is 1.51. The predicted molar refractivity (Wildman–Crippen MR) is 49.0 cm³/mol. The van der Waals surface area contributed by atoms with E-state index in [1.54, 1.807) is 0 Å². The molecule has 3 heteroatoms. The number of thioether (sulfide) groups is 1. The first-order chi connectivity index (χ1) is 5.75. The second-order valence-corrected chi connectivity index (χ2v) is 4.78. The Bertz CT molecular complexity index is 225. The minimum Gasteiger partial charge on any atom is -0.465 e. The molecular weight excluding hydrogens is 172 g/mol. The monoisotopic (exact) mass is 184 g/mol. The highest BCUT2D eigenvalue weighted by Crippen LogP contribution is 2.44. The van der Waals surface area contributed by atoms with Crippen molar-refractivity contribution in [3.8, 4) is 0 Å². The molecule has 0 aromatic rings. The summed E-state index contributed by atoms with van der Waals surface area (Å²) in [5.74, 6) is 0.488. The van der Waals surface area contributed by atoms with Crippen LogP contribution in [0.15, 0.2) is 12.2 Å². The van der Waals surface area contributed by atoms with Crippen molar-refractivity contribution in [3.05, 3.63) is 12.2 Å². The number of hydrogen-bond acceptors (Lipinski definition) is 3. The molecule has 0 amide bonds. The average Bonchev–Trinajstić information content (AvgIpc) is 2.60. The molecule has 0 N–H and O–H groups in total. The largest absolute Gasteiger partial charge is 0.465 e. The van der Waals surface area contributed by atoms with Gasteiger partial charge in [-0.05, 0) is 12.3 Å². The van der Waals surface area contributed by atoms with Crippen molar-refractivity contribution in [1.82, 2.24) is 0 Å². The molecule has 12 heavy (non-hydrogen) atoms. The first-order valence-corrected chi connectivity index (χ1v) is 5.17. The van der Waals surface area contributed by atoms with E-state index in [2.05, 4.69) is 12.2 Å². The van der Waals surface area contributed by atoms with Crippen molar-refractivity contribution in [1.29, 1.82) is 0 Å². The number of ether oxygens (including phenoxy) is 1. The molecule has 0 aromatic carbocycles. The first-order valence-electron chi connectivity index (χ1n) is 4.23. The van der Waals surface area contributed by atoms with Crippen molar-refractivity contribution in [2.45, 2.75) is 23.8 Å². The van der Waals surface area contributed by atoms with Gasteiger partial charge >= 0.3 is 5.97 Å². The van der Waals surface area contributed by atoms with E-state index in [0.29, 0.717) is 23.0 Å². The van der Waals surface area contributed by atoms with Gasteiger partial charge in [-0.25, -0.2) is 0 Å². The van der Waals surface area contributed by atoms with Gasteiger partial charge in [-0.1, -0.05) is 12.2 Å². The van der Waals surface area contributed by atoms with Crippen LogP contribution >= 0.6 is 11.8 Å². The molecule has 1 unspecified atom stereocenters. The van der Waals surface area contributed by atoms with Crippen molar-refractivity contribution in [2.24, 2.45) is 5.92 Å². The summed E-state index contributed by atoms with van der Waals surface area (Å²) < 4.78 is 4.98. The van der Waals surface area contributed by atoms with Crippen LogP contribution in [0.3, 0.4) is 0 Å². The third-order valence-corrected chi connectivity index (χ3v) is 3.89. The fourth-order valence-electron chi connectivity index (χ4n) is 1.76. The van der Waals surface area contributed by atoms with Crippen LogP contribution in [0.2, 0.25) is 0 Å². The first kappa shape index (κ1) is 8.17. The van der Waals surface area contributed by atoms with Crippen LogP contribution in [-0.2, 0) is 9.53 Å². The summed E-state index contributed by atoms with van der Waals surface area (Å²) in [6, 6.07) is 0. The van der Waals surface area contributed by atoms with Gasteiger partial charge in [-0.3, -0.25) is 4.79 Å². The standard InChI is InChI=1S/C9H12O2S/c1-6(10)11-5-9-7-2-3-8(4-7)12-9/h2-3,7-9H,4-5H2,1H3/t7-,8+,9?/m0/s1. The quantitative estimate of drug-likeness (QED) is 0.482. The molecule has 2 rings (SSSR count). The molecule has 0 saturated carbocycles. The zero-order chi connectivity index (χ0) is 8.55. The molecule has 0 aromatic heterocycles. The lowest BCUT2D eigenvalue weighted by atomic mass is 10.1. The SMILES string of the molecule is CC(=O)OCC1S[C@@H]2C=C[C@H]1C2. The minimum absolute atomic E-state index is 0.164. The molecule has 1 heterocycles. The Morgan fingerprint density at radius 3 is 3.00 bits per heavy atom. The second kappa shape index (κ2) is 3.13. The van der Waals surface area contributed by atoms with E-state index in [-0.39, 0.29) is 5.97 Å². The highest BCUT2D eigenvalue weighted by atomic mass is 32.2. The van der Waals surface area contributed by atoms with Crippen LogP contribution in [0.4, 0.5) is 0 Å². The molecule has 1 fully saturated rings. The molecular formula is C9H12O2S. The molecule has 2 bridgehead atoms. The molecule has 1 aliphatic heterocycles. The number of fused-ring (bicyclic) bond motifs is 2. The molecule has 2 nitrogen and oxygen atoms in total. The zero-order valence-corrected chi connectivity index (χ0v) is 7.84. The molecule has 3 atom stereocenters. The van der Waals surface area contributed by atoms with E-state index in [0.717, 1.165) is 0 Å². The van der Waals surface area contributed by atoms with Gasteiger partial charge in [0.25, 0.3) is 0 Å². The van der Waals surface area contributed by atoms with Crippen molar-refractivity contribution in [2.75, 3.05) is 6.61 Å². The van der Waals surface area contributed by atoms with Gasteiger partial charge in [-0.15, -0.1) is 11.8 Å². The fourth-order valence-corrected chi connectivity index (χ4v) is 3.27. The summed E-state index contributed by atoms with van der Waals surface area (Å²) in [7, 11) is 0. The Morgan fingerprint density at radius 1 is 1.67 bits per heavy atom. The van der Waals surface area contributed by atoms with Crippen LogP contribution in [0, 0.1) is 5.92 Å². The Morgan fingerprint density at radius 2 is 2.50 bits per heavy atom. The summed E-state index contributed by atoms with van der Waals surface area (Å²) in [6.45, 7) is 2.05. The van der Waals surface area contributed by atoms with Crippen molar-refractivity contribution < 1.29 is 9.53 Å². The Balaban J connectivity index is 1.83. The minimum atomic E-state index is -0.164. The Labute approximate surface area is 76.4 Å². The summed E-state index contributed by atoms with van der Waals surface area (Å²) in [5.41, 5.74) is 0. The van der Waals surface area contributed by atoms with Crippen molar-refractivity contribution in [3.63, 3.8) is 0 Å². The number of carbonyl (C=O) groups is 1. The lowest BCUT2D eigenvalue weighted by Gasteiger charge is -2.16. The van der Waals surface area contributed by atoms with Gasteiger partial charge in [0.15, 0.2) is 0 Å². The molecule has 0 spiro atoms. The predicted octanol–water partition coefficient (Wildman–Crippen LogP) is 1.61. The van der Waals surface area contributed by atoms with E-state index < -0.39 is 0 Å². The average molecular weight is 184 g/mol. The zero-order valence-electron chi connectivity index (χ0n) is 7.03. The lowest BCUT2D eigenvalue weighted by Crippen LogP contribution is -2.18. The molecule has 1 saturated heterocycles. The summed E-state index contributed by atoms with van der Waals surface area (Å²) in [6.07, 6.45) is 5.77. The van der Waals surface area contributed by atoms with E-state index in [9.17, 15) is 4.79 Å². The Hall–Kier alpha value is -0.440. The second-order valence-electron chi connectivity index (χ2n) is 3.30. The number of rotatable bonds is 2. The molecule has 2 aliphatic rings. The maximum atomic E-state index is 10.6. The van der Waals surface area contributed by atoms with E-state index in [1.807, 2.05) is 11.8 Å². The number of hydrogen-bond donors (Lipinski definition) is 0. The van der Waals surface area contributed by atoms with Crippen LogP contribution in [-0.4, -0.2) is 23.1 Å². The normalized spacial score (nSPS) is 37.2. The van der Waals surface area contributed by atoms with Crippen molar-refractivity contribution >= 4 is 17.7 Å². The summed E-state index contributed by atoms with van der Waals surface area (Å²) >= 11 is 1.94. The smallest absolute Gasteiger partial charge is 0.302 e. The van der Waals surface area contributed by atoms with Crippen LogP contribution < -0.4 is 0 Å². The molecule has 1 aliphatic carbocycles. The van der Waals surface area contributed by atoms with E-state index in [4.69, 9.17) is 4.74 Å². The van der Waals surface area contributed by atoms with Gasteiger partial charge < -0.3 is 4.74 Å².